The Balaban J connectivity index is 1.82. The Morgan fingerprint density at radius 2 is 2.33 bits per heavy atom. The Morgan fingerprint density at radius 1 is 1.48 bits per heavy atom. The minimum Gasteiger partial charge on any atom is -0.376 e. The number of carbonyl (C=O) groups is 1. The molecule has 3 aromatic heterocycles. The van der Waals surface area contributed by atoms with Crippen molar-refractivity contribution >= 4 is 28.4 Å². The largest absolute Gasteiger partial charge is 0.376 e. The first-order chi connectivity index (χ1) is 13.1. The van der Waals surface area contributed by atoms with E-state index in [1.54, 1.807) is 22.9 Å². The molecule has 0 saturated carbocycles. The van der Waals surface area contributed by atoms with Crippen molar-refractivity contribution in [2.24, 2.45) is 0 Å². The molecule has 4 heterocycles. The highest BCUT2D eigenvalue weighted by molar-refractivity contribution is 6.00. The van der Waals surface area contributed by atoms with Gasteiger partial charge in [-0.05, 0) is 38.0 Å². The van der Waals surface area contributed by atoms with Gasteiger partial charge in [0.2, 0.25) is 11.5 Å². The first-order valence-corrected chi connectivity index (χ1v) is 9.13. The maximum absolute atomic E-state index is 12.9. The van der Waals surface area contributed by atoms with Gasteiger partial charge in [-0.3, -0.25) is 14.0 Å². The quantitative estimate of drug-likeness (QED) is 0.520. The molecule has 0 radical (unpaired) electrons. The second kappa shape index (κ2) is 6.96. The molecule has 3 aromatic rings. The summed E-state index contributed by atoms with van der Waals surface area (Å²) in [4.78, 5) is 30.2. The molecule has 0 bridgehead atoms. The minimum atomic E-state index is -0.315. The van der Waals surface area contributed by atoms with Crippen molar-refractivity contribution in [3.05, 3.63) is 46.4 Å². The molecule has 4 rings (SSSR count). The summed E-state index contributed by atoms with van der Waals surface area (Å²) in [7, 11) is 0. The van der Waals surface area contributed by atoms with Crippen LogP contribution in [0.1, 0.15) is 30.1 Å². The number of aryl methyl sites for hydroxylation is 1. The highest BCUT2D eigenvalue weighted by Crippen LogP contribution is 2.15. The van der Waals surface area contributed by atoms with Crippen LogP contribution in [0.4, 0.5) is 5.82 Å². The number of hydrogen-bond acceptors (Lipinski definition) is 5. The second-order valence-electron chi connectivity index (χ2n) is 6.62. The average Bonchev–Trinajstić information content (AvgIpc) is 3.20. The fraction of sp³-hybridized carbons (Fsp3) is 0.368. The van der Waals surface area contributed by atoms with E-state index in [1.165, 1.54) is 10.5 Å². The predicted molar refractivity (Wildman–Crippen MR) is 101 cm³/mol. The summed E-state index contributed by atoms with van der Waals surface area (Å²) in [5.41, 5.74) is 7.31. The molecule has 0 spiro atoms. The van der Waals surface area contributed by atoms with E-state index in [0.29, 0.717) is 35.6 Å². The number of hydrogen-bond donors (Lipinski definition) is 2. The van der Waals surface area contributed by atoms with Gasteiger partial charge in [-0.1, -0.05) is 11.1 Å². The Labute approximate surface area is 155 Å². The van der Waals surface area contributed by atoms with Gasteiger partial charge >= 0.3 is 0 Å². The van der Waals surface area contributed by atoms with E-state index >= 15 is 0 Å². The van der Waals surface area contributed by atoms with Gasteiger partial charge in [-0.25, -0.2) is 4.57 Å². The third-order valence-corrected chi connectivity index (χ3v) is 4.94. The third kappa shape index (κ3) is 3.02. The van der Waals surface area contributed by atoms with Crippen LogP contribution in [0.2, 0.25) is 0 Å². The van der Waals surface area contributed by atoms with Gasteiger partial charge in [0.05, 0.1) is 12.6 Å². The van der Waals surface area contributed by atoms with Gasteiger partial charge in [-0.2, -0.15) is 0 Å². The van der Waals surface area contributed by atoms with Crippen LogP contribution in [0, 0.1) is 0 Å². The lowest BCUT2D eigenvalue weighted by molar-refractivity contribution is -0.655. The molecule has 1 amide bonds. The number of pyridine rings is 2. The van der Waals surface area contributed by atoms with Crippen molar-refractivity contribution in [1.82, 2.24) is 14.7 Å². The number of anilines is 1. The lowest BCUT2D eigenvalue weighted by atomic mass is 10.1. The SMILES string of the molecule is CC[n+]1c(N)c(C(=O)NC[C@@H]2CCCO2)cc2c(=O)n3ccccc3nc21. The summed E-state index contributed by atoms with van der Waals surface area (Å²) in [5.74, 6) is -0.0216. The van der Waals surface area contributed by atoms with Crippen molar-refractivity contribution in [3.8, 4) is 0 Å². The summed E-state index contributed by atoms with van der Waals surface area (Å²) in [6.07, 6.45) is 3.63. The molecule has 0 aromatic carbocycles. The Kier molecular flexibility index (Phi) is 4.49. The third-order valence-electron chi connectivity index (χ3n) is 4.94. The molecule has 1 fully saturated rings. The molecule has 8 heteroatoms. The maximum Gasteiger partial charge on any atom is 0.278 e. The van der Waals surface area contributed by atoms with E-state index < -0.39 is 0 Å². The number of carbonyl (C=O) groups excluding carboxylic acids is 1. The normalized spacial score (nSPS) is 16.9. The van der Waals surface area contributed by atoms with Crippen molar-refractivity contribution in [2.45, 2.75) is 32.4 Å². The van der Waals surface area contributed by atoms with E-state index in [4.69, 9.17) is 10.5 Å². The molecule has 8 nitrogen and oxygen atoms in total. The summed E-state index contributed by atoms with van der Waals surface area (Å²) >= 11 is 0. The first-order valence-electron chi connectivity index (χ1n) is 9.13. The number of nitrogen functional groups attached to an aromatic ring is 1. The molecule has 3 N–H and O–H groups in total. The molecule has 1 saturated heterocycles. The Bertz CT molecular complexity index is 1090. The Hall–Kier alpha value is -3.00. The zero-order chi connectivity index (χ0) is 19.0. The van der Waals surface area contributed by atoms with Crippen LogP contribution < -0.4 is 21.2 Å². The lowest BCUT2D eigenvalue weighted by Crippen LogP contribution is -2.42. The first kappa shape index (κ1) is 17.4. The van der Waals surface area contributed by atoms with Gasteiger partial charge in [0.15, 0.2) is 0 Å². The number of ether oxygens (including phenoxy) is 1. The fourth-order valence-corrected chi connectivity index (χ4v) is 3.51. The van der Waals surface area contributed by atoms with Crippen molar-refractivity contribution in [1.29, 1.82) is 0 Å². The van der Waals surface area contributed by atoms with Crippen LogP contribution >= 0.6 is 0 Å². The van der Waals surface area contributed by atoms with E-state index in [1.807, 2.05) is 13.0 Å². The van der Waals surface area contributed by atoms with Crippen molar-refractivity contribution in [3.63, 3.8) is 0 Å². The number of aromatic nitrogens is 3. The van der Waals surface area contributed by atoms with Crippen LogP contribution in [0.5, 0.6) is 0 Å². The molecule has 27 heavy (non-hydrogen) atoms. The van der Waals surface area contributed by atoms with Crippen LogP contribution in [0.3, 0.4) is 0 Å². The van der Waals surface area contributed by atoms with E-state index in [0.717, 1.165) is 19.4 Å². The molecule has 1 atom stereocenters. The topological polar surface area (TPSA) is 103 Å². The van der Waals surface area contributed by atoms with Crippen LogP contribution in [0.25, 0.3) is 16.7 Å². The second-order valence-corrected chi connectivity index (χ2v) is 6.62. The molecule has 1 aliphatic heterocycles. The van der Waals surface area contributed by atoms with E-state index in [2.05, 4.69) is 10.3 Å². The fourth-order valence-electron chi connectivity index (χ4n) is 3.51. The zero-order valence-corrected chi connectivity index (χ0v) is 15.1. The van der Waals surface area contributed by atoms with Gasteiger partial charge in [0.1, 0.15) is 10.9 Å². The van der Waals surface area contributed by atoms with Crippen molar-refractivity contribution in [2.75, 3.05) is 18.9 Å². The number of amides is 1. The number of fused-ring (bicyclic) bond motifs is 2. The van der Waals surface area contributed by atoms with Gasteiger partial charge in [-0.15, -0.1) is 0 Å². The number of nitrogens with two attached hydrogens (primary N) is 1. The number of nitrogens with one attached hydrogen (secondary N) is 1. The average molecular weight is 368 g/mol. The standard InChI is InChI=1S/C19H21N5O3/c1-2-23-16(20)13(18(25)21-11-12-6-5-9-27-12)10-14-17(23)22-15-7-3-4-8-24(15)19(14)26/h3-4,7-8,10,12,20H,2,5-6,9,11H2,1H3,(H,21,25)/p+1/t12-/m0/s1. The molecule has 0 unspecified atom stereocenters. The van der Waals surface area contributed by atoms with E-state index in [9.17, 15) is 9.59 Å². The minimum absolute atomic E-state index is 0.0326. The lowest BCUT2D eigenvalue weighted by Gasteiger charge is -2.13. The van der Waals surface area contributed by atoms with Crippen LogP contribution in [-0.4, -0.2) is 34.5 Å². The van der Waals surface area contributed by atoms with Gasteiger partial charge < -0.3 is 15.8 Å². The molecule has 0 aliphatic carbocycles. The Morgan fingerprint density at radius 3 is 3.07 bits per heavy atom. The van der Waals surface area contributed by atoms with Crippen LogP contribution in [0.15, 0.2) is 35.3 Å². The molecule has 1 aliphatic rings. The zero-order valence-electron chi connectivity index (χ0n) is 15.1. The highest BCUT2D eigenvalue weighted by atomic mass is 16.5. The summed E-state index contributed by atoms with van der Waals surface area (Å²) < 4.78 is 8.70. The number of nitrogens with zero attached hydrogens (tertiary/aromatic N) is 3. The number of rotatable bonds is 4. The molecule has 140 valence electrons. The monoisotopic (exact) mass is 368 g/mol. The predicted octanol–water partition coefficient (Wildman–Crippen LogP) is 0.646. The smallest absolute Gasteiger partial charge is 0.278 e. The molecular formula is C19H22N5O3+. The highest BCUT2D eigenvalue weighted by Gasteiger charge is 2.24. The van der Waals surface area contributed by atoms with Crippen molar-refractivity contribution < 1.29 is 14.1 Å². The van der Waals surface area contributed by atoms with Crippen LogP contribution in [-0.2, 0) is 11.3 Å². The van der Waals surface area contributed by atoms with E-state index in [-0.39, 0.29) is 23.1 Å². The van der Waals surface area contributed by atoms with Gasteiger partial charge in [0.25, 0.3) is 17.1 Å². The molecular weight excluding hydrogens is 346 g/mol. The summed E-state index contributed by atoms with van der Waals surface area (Å²) in [6.45, 7) is 3.55. The maximum atomic E-state index is 12.9. The van der Waals surface area contributed by atoms with Gasteiger partial charge in [0, 0.05) is 19.3 Å². The summed E-state index contributed by atoms with van der Waals surface area (Å²) in [5, 5.41) is 3.23. The summed E-state index contributed by atoms with van der Waals surface area (Å²) in [6, 6.07) is 6.89.